The second kappa shape index (κ2) is 5.89. The summed E-state index contributed by atoms with van der Waals surface area (Å²) < 4.78 is 2.19. The van der Waals surface area contributed by atoms with E-state index in [2.05, 4.69) is 39.7 Å². The molecule has 1 aliphatic carbocycles. The molecule has 0 amide bonds. The molecule has 0 bridgehead atoms. The smallest absolute Gasteiger partial charge is 0.123 e. The van der Waals surface area contributed by atoms with Gasteiger partial charge in [-0.2, -0.15) is 0 Å². The van der Waals surface area contributed by atoms with E-state index in [1.807, 2.05) is 24.3 Å². The lowest BCUT2D eigenvalue weighted by molar-refractivity contribution is -0.0109. The second-order valence-electron chi connectivity index (χ2n) is 7.81. The standard InChI is InChI=1S/C21H24N4O/c1-24-18-7-3-2-6-17(18)23-20(24)14-25-12-15-9-10-21(26,16(15)13-25)19-8-4-5-11-22-19/h2-8,11,15-16,26H,9-10,12-14H2,1H3. The van der Waals surface area contributed by atoms with Gasteiger partial charge in [-0.1, -0.05) is 18.2 Å². The zero-order valence-electron chi connectivity index (χ0n) is 15.0. The summed E-state index contributed by atoms with van der Waals surface area (Å²) in [6.45, 7) is 2.76. The van der Waals surface area contributed by atoms with Gasteiger partial charge in [0, 0.05) is 32.3 Å². The van der Waals surface area contributed by atoms with Gasteiger partial charge in [0.2, 0.25) is 0 Å². The van der Waals surface area contributed by atoms with Crippen LogP contribution in [0.25, 0.3) is 11.0 Å². The largest absolute Gasteiger partial charge is 0.383 e. The van der Waals surface area contributed by atoms with E-state index in [4.69, 9.17) is 4.98 Å². The molecule has 2 aliphatic rings. The van der Waals surface area contributed by atoms with E-state index in [-0.39, 0.29) is 5.92 Å². The number of hydrogen-bond donors (Lipinski definition) is 1. The molecule has 2 fully saturated rings. The first-order valence-electron chi connectivity index (χ1n) is 9.42. The Morgan fingerprint density at radius 1 is 1.15 bits per heavy atom. The number of rotatable bonds is 3. The minimum absolute atomic E-state index is 0.257. The molecule has 0 spiro atoms. The van der Waals surface area contributed by atoms with Crippen LogP contribution in [-0.4, -0.2) is 37.6 Å². The number of aliphatic hydroxyl groups is 1. The average Bonchev–Trinajstić information content (AvgIpc) is 3.31. The molecule has 3 heterocycles. The van der Waals surface area contributed by atoms with Gasteiger partial charge < -0.3 is 9.67 Å². The van der Waals surface area contributed by atoms with Crippen molar-refractivity contribution in [2.75, 3.05) is 13.1 Å². The minimum Gasteiger partial charge on any atom is -0.383 e. The van der Waals surface area contributed by atoms with Crippen molar-refractivity contribution < 1.29 is 5.11 Å². The van der Waals surface area contributed by atoms with Crippen LogP contribution in [0, 0.1) is 11.8 Å². The van der Waals surface area contributed by atoms with Gasteiger partial charge in [0.05, 0.1) is 23.3 Å². The number of likely N-dealkylation sites (tertiary alicyclic amines) is 1. The Morgan fingerprint density at radius 2 is 2.00 bits per heavy atom. The summed E-state index contributed by atoms with van der Waals surface area (Å²) in [6, 6.07) is 14.1. The number of benzene rings is 1. The highest BCUT2D eigenvalue weighted by Crippen LogP contribution is 2.50. The van der Waals surface area contributed by atoms with Crippen molar-refractivity contribution in [2.45, 2.75) is 25.0 Å². The van der Waals surface area contributed by atoms with Gasteiger partial charge in [-0.25, -0.2) is 4.98 Å². The minimum atomic E-state index is -0.785. The molecule has 5 heteroatoms. The Morgan fingerprint density at radius 3 is 2.81 bits per heavy atom. The number of para-hydroxylation sites is 2. The summed E-state index contributed by atoms with van der Waals surface area (Å²) in [6.07, 6.45) is 3.67. The zero-order valence-corrected chi connectivity index (χ0v) is 15.0. The predicted molar refractivity (Wildman–Crippen MR) is 100 cm³/mol. The third kappa shape index (κ3) is 2.38. The van der Waals surface area contributed by atoms with Crippen LogP contribution in [0.4, 0.5) is 0 Å². The number of aryl methyl sites for hydroxylation is 1. The van der Waals surface area contributed by atoms with E-state index < -0.39 is 5.60 Å². The van der Waals surface area contributed by atoms with E-state index in [0.29, 0.717) is 5.92 Å². The second-order valence-corrected chi connectivity index (χ2v) is 7.81. The molecule has 1 N–H and O–H groups in total. The first kappa shape index (κ1) is 16.0. The van der Waals surface area contributed by atoms with Crippen LogP contribution in [0.2, 0.25) is 0 Å². The molecule has 3 unspecified atom stereocenters. The van der Waals surface area contributed by atoms with Gasteiger partial charge in [-0.05, 0) is 43.0 Å². The first-order valence-corrected chi connectivity index (χ1v) is 9.42. The van der Waals surface area contributed by atoms with Crippen LogP contribution in [0.5, 0.6) is 0 Å². The molecule has 5 nitrogen and oxygen atoms in total. The highest BCUT2D eigenvalue weighted by atomic mass is 16.3. The fourth-order valence-electron chi connectivity index (χ4n) is 4.99. The van der Waals surface area contributed by atoms with Crippen LogP contribution in [-0.2, 0) is 19.2 Å². The Balaban J connectivity index is 1.38. The molecule has 134 valence electrons. The summed E-state index contributed by atoms with van der Waals surface area (Å²) in [4.78, 5) is 11.7. The van der Waals surface area contributed by atoms with Crippen LogP contribution < -0.4 is 0 Å². The molecule has 3 aromatic rings. The third-order valence-electron chi connectivity index (χ3n) is 6.38. The molecule has 1 aromatic carbocycles. The summed E-state index contributed by atoms with van der Waals surface area (Å²) >= 11 is 0. The van der Waals surface area contributed by atoms with Crippen molar-refractivity contribution in [2.24, 2.45) is 18.9 Å². The van der Waals surface area contributed by atoms with Crippen LogP contribution in [0.15, 0.2) is 48.7 Å². The maximum atomic E-state index is 11.4. The van der Waals surface area contributed by atoms with Crippen molar-refractivity contribution in [1.29, 1.82) is 0 Å². The van der Waals surface area contributed by atoms with E-state index in [1.54, 1.807) is 6.20 Å². The molecule has 2 aromatic heterocycles. The van der Waals surface area contributed by atoms with Crippen molar-refractivity contribution >= 4 is 11.0 Å². The van der Waals surface area contributed by atoms with Crippen LogP contribution in [0.1, 0.15) is 24.4 Å². The SMILES string of the molecule is Cn1c(CN2CC3CCC(O)(c4ccccn4)C3C2)nc2ccccc21. The number of aromatic nitrogens is 3. The molecule has 1 saturated heterocycles. The maximum absolute atomic E-state index is 11.4. The van der Waals surface area contributed by atoms with Crippen molar-refractivity contribution in [3.63, 3.8) is 0 Å². The molecule has 3 atom stereocenters. The lowest BCUT2D eigenvalue weighted by Gasteiger charge is -2.29. The average molecular weight is 348 g/mol. The molecular weight excluding hydrogens is 324 g/mol. The summed E-state index contributed by atoms with van der Waals surface area (Å²) in [5, 5.41) is 11.4. The van der Waals surface area contributed by atoms with Crippen molar-refractivity contribution in [1.82, 2.24) is 19.4 Å². The van der Waals surface area contributed by atoms with Crippen LogP contribution in [0.3, 0.4) is 0 Å². The summed E-state index contributed by atoms with van der Waals surface area (Å²) in [7, 11) is 2.09. The van der Waals surface area contributed by atoms with Gasteiger partial charge in [0.1, 0.15) is 11.4 Å². The molecule has 1 aliphatic heterocycles. The fraction of sp³-hybridized carbons (Fsp3) is 0.429. The Labute approximate surface area is 153 Å². The highest BCUT2D eigenvalue weighted by Gasteiger charge is 2.53. The van der Waals surface area contributed by atoms with Gasteiger partial charge >= 0.3 is 0 Å². The van der Waals surface area contributed by atoms with E-state index in [0.717, 1.165) is 49.5 Å². The molecule has 1 saturated carbocycles. The number of fused-ring (bicyclic) bond motifs is 2. The van der Waals surface area contributed by atoms with Gasteiger partial charge in [-0.3, -0.25) is 9.88 Å². The fourth-order valence-corrected chi connectivity index (χ4v) is 4.99. The molecular formula is C21H24N4O. The van der Waals surface area contributed by atoms with Gasteiger partial charge in [0.15, 0.2) is 0 Å². The third-order valence-corrected chi connectivity index (χ3v) is 6.38. The number of hydrogen-bond acceptors (Lipinski definition) is 4. The molecule has 26 heavy (non-hydrogen) atoms. The quantitative estimate of drug-likeness (QED) is 0.791. The van der Waals surface area contributed by atoms with E-state index in [9.17, 15) is 5.11 Å². The lowest BCUT2D eigenvalue weighted by atomic mass is 9.85. The Bertz CT molecular complexity index is 938. The Kier molecular flexibility index (Phi) is 3.62. The topological polar surface area (TPSA) is 54.2 Å². The molecule has 5 rings (SSSR count). The number of pyridine rings is 1. The van der Waals surface area contributed by atoms with Gasteiger partial charge in [0.25, 0.3) is 0 Å². The monoisotopic (exact) mass is 348 g/mol. The zero-order chi connectivity index (χ0) is 17.7. The van der Waals surface area contributed by atoms with Crippen molar-refractivity contribution in [3.05, 3.63) is 60.2 Å². The molecule has 0 radical (unpaired) electrons. The van der Waals surface area contributed by atoms with E-state index in [1.165, 1.54) is 5.52 Å². The highest BCUT2D eigenvalue weighted by molar-refractivity contribution is 5.75. The maximum Gasteiger partial charge on any atom is 0.123 e. The first-order chi connectivity index (χ1) is 12.6. The van der Waals surface area contributed by atoms with Gasteiger partial charge in [-0.15, -0.1) is 0 Å². The summed E-state index contributed by atoms with van der Waals surface area (Å²) in [5.41, 5.74) is 2.27. The Hall–Kier alpha value is -2.24. The predicted octanol–water partition coefficient (Wildman–Crippen LogP) is 2.70. The number of imidazole rings is 1. The van der Waals surface area contributed by atoms with E-state index >= 15 is 0 Å². The van der Waals surface area contributed by atoms with Crippen LogP contribution >= 0.6 is 0 Å². The number of nitrogens with zero attached hydrogens (tertiary/aromatic N) is 4. The summed E-state index contributed by atoms with van der Waals surface area (Å²) in [5.74, 6) is 1.89. The lowest BCUT2D eigenvalue weighted by Crippen LogP contribution is -2.35. The normalized spacial score (nSPS) is 28.7. The van der Waals surface area contributed by atoms with Crippen molar-refractivity contribution in [3.8, 4) is 0 Å².